The Hall–Kier alpha value is -1.20. The standard InChI is InChI=1S/C16H24N4S/c1-16(2,3)15-18-13(11-21-15)10-20-7-5-6-14(20)12-8-17-19(4)9-12/h8-9,11,14H,5-7,10H2,1-4H3/t14-/m1/s1. The monoisotopic (exact) mass is 304 g/mol. The van der Waals surface area contributed by atoms with Crippen molar-refractivity contribution in [3.63, 3.8) is 0 Å². The molecule has 4 nitrogen and oxygen atoms in total. The van der Waals surface area contributed by atoms with Gasteiger partial charge < -0.3 is 0 Å². The van der Waals surface area contributed by atoms with Crippen molar-refractivity contribution >= 4 is 11.3 Å². The number of aromatic nitrogens is 3. The Labute approximate surface area is 130 Å². The fourth-order valence-electron chi connectivity index (χ4n) is 2.94. The highest BCUT2D eigenvalue weighted by atomic mass is 32.1. The van der Waals surface area contributed by atoms with Crippen molar-refractivity contribution in [2.75, 3.05) is 6.54 Å². The van der Waals surface area contributed by atoms with Crippen molar-refractivity contribution in [2.45, 2.75) is 51.6 Å². The maximum Gasteiger partial charge on any atom is 0.0982 e. The molecule has 0 aromatic carbocycles. The van der Waals surface area contributed by atoms with E-state index in [2.05, 4.69) is 42.3 Å². The van der Waals surface area contributed by atoms with Crippen LogP contribution in [0.1, 0.15) is 55.9 Å². The van der Waals surface area contributed by atoms with E-state index < -0.39 is 0 Å². The number of nitrogens with zero attached hydrogens (tertiary/aromatic N) is 4. The highest BCUT2D eigenvalue weighted by Gasteiger charge is 2.28. The van der Waals surface area contributed by atoms with Gasteiger partial charge in [-0.3, -0.25) is 9.58 Å². The van der Waals surface area contributed by atoms with Crippen LogP contribution in [0.15, 0.2) is 17.8 Å². The zero-order valence-corrected chi connectivity index (χ0v) is 14.2. The van der Waals surface area contributed by atoms with Crippen LogP contribution in [0.25, 0.3) is 0 Å². The first-order valence-electron chi connectivity index (χ1n) is 7.61. The van der Waals surface area contributed by atoms with Gasteiger partial charge in [-0.1, -0.05) is 20.8 Å². The van der Waals surface area contributed by atoms with Crippen molar-refractivity contribution < 1.29 is 0 Å². The van der Waals surface area contributed by atoms with Gasteiger partial charge in [-0.2, -0.15) is 5.10 Å². The lowest BCUT2D eigenvalue weighted by atomic mass is 9.98. The van der Waals surface area contributed by atoms with Crippen LogP contribution in [0.2, 0.25) is 0 Å². The molecule has 0 spiro atoms. The summed E-state index contributed by atoms with van der Waals surface area (Å²) in [6.45, 7) is 8.78. The molecule has 0 saturated carbocycles. The minimum absolute atomic E-state index is 0.149. The number of aryl methyl sites for hydroxylation is 1. The van der Waals surface area contributed by atoms with Gasteiger partial charge in [0.15, 0.2) is 0 Å². The summed E-state index contributed by atoms with van der Waals surface area (Å²) >= 11 is 1.79. The molecule has 1 atom stereocenters. The lowest BCUT2D eigenvalue weighted by molar-refractivity contribution is 0.245. The molecule has 0 N–H and O–H groups in total. The van der Waals surface area contributed by atoms with Gasteiger partial charge in [0.1, 0.15) is 0 Å². The van der Waals surface area contributed by atoms with Gasteiger partial charge in [-0.25, -0.2) is 4.98 Å². The molecule has 1 aliphatic rings. The number of likely N-dealkylation sites (tertiary alicyclic amines) is 1. The van der Waals surface area contributed by atoms with E-state index in [0.717, 1.165) is 13.1 Å². The van der Waals surface area contributed by atoms with E-state index in [1.807, 2.05) is 17.9 Å². The van der Waals surface area contributed by atoms with Gasteiger partial charge in [0.05, 0.1) is 16.9 Å². The Morgan fingerprint density at radius 3 is 2.81 bits per heavy atom. The smallest absolute Gasteiger partial charge is 0.0982 e. The summed E-state index contributed by atoms with van der Waals surface area (Å²) in [7, 11) is 1.98. The predicted octanol–water partition coefficient (Wildman–Crippen LogP) is 3.51. The van der Waals surface area contributed by atoms with Crippen LogP contribution in [0, 0.1) is 0 Å². The van der Waals surface area contributed by atoms with E-state index in [-0.39, 0.29) is 5.41 Å². The molecule has 2 aromatic rings. The molecule has 21 heavy (non-hydrogen) atoms. The first-order valence-corrected chi connectivity index (χ1v) is 8.49. The summed E-state index contributed by atoms with van der Waals surface area (Å²) in [6, 6.07) is 0.499. The third kappa shape index (κ3) is 3.19. The SMILES string of the molecule is Cn1cc([C@H]2CCCN2Cc2csc(C(C)(C)C)n2)cn1. The molecule has 5 heteroatoms. The molecule has 1 aliphatic heterocycles. The molecular weight excluding hydrogens is 280 g/mol. The van der Waals surface area contributed by atoms with Crippen molar-refractivity contribution in [1.29, 1.82) is 0 Å². The second kappa shape index (κ2) is 5.54. The van der Waals surface area contributed by atoms with E-state index in [4.69, 9.17) is 4.98 Å². The summed E-state index contributed by atoms with van der Waals surface area (Å²) < 4.78 is 1.90. The zero-order valence-electron chi connectivity index (χ0n) is 13.3. The van der Waals surface area contributed by atoms with Crippen LogP contribution in [-0.4, -0.2) is 26.2 Å². The summed E-state index contributed by atoms with van der Waals surface area (Å²) in [4.78, 5) is 7.37. The molecule has 0 amide bonds. The summed E-state index contributed by atoms with van der Waals surface area (Å²) in [6.07, 6.45) is 6.63. The van der Waals surface area contributed by atoms with Gasteiger partial charge >= 0.3 is 0 Å². The average Bonchev–Trinajstić information content (AvgIpc) is 3.08. The van der Waals surface area contributed by atoms with Crippen LogP contribution in [0.4, 0.5) is 0 Å². The molecule has 114 valence electrons. The first-order chi connectivity index (χ1) is 9.93. The molecule has 0 unspecified atom stereocenters. The lowest BCUT2D eigenvalue weighted by Crippen LogP contribution is -2.23. The van der Waals surface area contributed by atoms with Crippen LogP contribution >= 0.6 is 11.3 Å². The first kappa shape index (κ1) is 14.7. The Kier molecular flexibility index (Phi) is 3.88. The normalized spacial score (nSPS) is 20.3. The third-order valence-corrected chi connectivity index (χ3v) is 5.35. The lowest BCUT2D eigenvalue weighted by Gasteiger charge is -2.22. The fourth-order valence-corrected chi connectivity index (χ4v) is 3.84. The van der Waals surface area contributed by atoms with Gasteiger partial charge in [0.25, 0.3) is 0 Å². The van der Waals surface area contributed by atoms with Crippen molar-refractivity contribution in [2.24, 2.45) is 7.05 Å². The topological polar surface area (TPSA) is 34.0 Å². The fraction of sp³-hybridized carbons (Fsp3) is 0.625. The maximum absolute atomic E-state index is 4.83. The third-order valence-electron chi connectivity index (χ3n) is 4.03. The van der Waals surface area contributed by atoms with Gasteiger partial charge in [-0.15, -0.1) is 11.3 Å². The summed E-state index contributed by atoms with van der Waals surface area (Å²) in [5.74, 6) is 0. The molecule has 1 saturated heterocycles. The Morgan fingerprint density at radius 2 is 2.19 bits per heavy atom. The van der Waals surface area contributed by atoms with E-state index in [1.165, 1.54) is 29.1 Å². The van der Waals surface area contributed by atoms with Crippen LogP contribution in [0.5, 0.6) is 0 Å². The number of rotatable bonds is 3. The summed E-state index contributed by atoms with van der Waals surface area (Å²) in [5.41, 5.74) is 2.69. The van der Waals surface area contributed by atoms with Gasteiger partial charge in [0.2, 0.25) is 0 Å². The van der Waals surface area contributed by atoms with E-state index >= 15 is 0 Å². The minimum atomic E-state index is 0.149. The highest BCUT2D eigenvalue weighted by molar-refractivity contribution is 7.09. The molecule has 3 heterocycles. The van der Waals surface area contributed by atoms with Crippen LogP contribution < -0.4 is 0 Å². The number of hydrogen-bond donors (Lipinski definition) is 0. The molecule has 2 aromatic heterocycles. The molecule has 3 rings (SSSR count). The van der Waals surface area contributed by atoms with E-state index in [1.54, 1.807) is 11.3 Å². The summed E-state index contributed by atoms with van der Waals surface area (Å²) in [5, 5.41) is 7.77. The van der Waals surface area contributed by atoms with Crippen molar-refractivity contribution in [3.8, 4) is 0 Å². The Bertz CT molecular complexity index is 608. The predicted molar refractivity (Wildman–Crippen MR) is 86.4 cm³/mol. The van der Waals surface area contributed by atoms with Crippen molar-refractivity contribution in [1.82, 2.24) is 19.7 Å². The van der Waals surface area contributed by atoms with Gasteiger partial charge in [-0.05, 0) is 19.4 Å². The van der Waals surface area contributed by atoms with Crippen molar-refractivity contribution in [3.05, 3.63) is 34.0 Å². The molecular formula is C16H24N4S. The second-order valence-electron chi connectivity index (χ2n) is 6.97. The van der Waals surface area contributed by atoms with Crippen LogP contribution in [0.3, 0.4) is 0 Å². The maximum atomic E-state index is 4.83. The minimum Gasteiger partial charge on any atom is -0.290 e. The number of hydrogen-bond acceptors (Lipinski definition) is 4. The van der Waals surface area contributed by atoms with E-state index in [0.29, 0.717) is 6.04 Å². The molecule has 0 bridgehead atoms. The molecule has 1 fully saturated rings. The Balaban J connectivity index is 1.73. The molecule has 0 radical (unpaired) electrons. The number of thiazole rings is 1. The average molecular weight is 304 g/mol. The quantitative estimate of drug-likeness (QED) is 0.870. The highest BCUT2D eigenvalue weighted by Crippen LogP contribution is 2.33. The van der Waals surface area contributed by atoms with Crippen LogP contribution in [-0.2, 0) is 19.0 Å². The van der Waals surface area contributed by atoms with Gasteiger partial charge in [0, 0.05) is 42.2 Å². The van der Waals surface area contributed by atoms with E-state index in [9.17, 15) is 0 Å². The molecule has 0 aliphatic carbocycles. The largest absolute Gasteiger partial charge is 0.290 e. The zero-order chi connectivity index (χ0) is 15.0. The Morgan fingerprint density at radius 1 is 1.38 bits per heavy atom. The second-order valence-corrected chi connectivity index (χ2v) is 7.83.